The average molecular weight is 329 g/mol. The monoisotopic (exact) mass is 328 g/mol. The van der Waals surface area contributed by atoms with Crippen molar-refractivity contribution in [1.29, 1.82) is 0 Å². The van der Waals surface area contributed by atoms with Crippen LogP contribution in [0.2, 0.25) is 4.34 Å². The van der Waals surface area contributed by atoms with E-state index in [1.54, 1.807) is 24.5 Å². The van der Waals surface area contributed by atoms with E-state index in [2.05, 4.69) is 9.97 Å². The molecule has 2 heterocycles. The quantitative estimate of drug-likeness (QED) is 0.498. The van der Waals surface area contributed by atoms with E-state index in [0.29, 0.717) is 9.90 Å². The largest absolute Gasteiger partial charge is 0.345 e. The second-order valence-electron chi connectivity index (χ2n) is 4.93. The molecule has 2 aromatic heterocycles. The van der Waals surface area contributed by atoms with Gasteiger partial charge in [0.1, 0.15) is 5.82 Å². The van der Waals surface area contributed by atoms with Crippen LogP contribution in [-0.4, -0.2) is 9.97 Å². The van der Waals surface area contributed by atoms with Crippen LogP contribution in [0.15, 0.2) is 54.9 Å². The van der Waals surface area contributed by atoms with E-state index in [1.165, 1.54) is 11.3 Å². The summed E-state index contributed by atoms with van der Waals surface area (Å²) in [6, 6.07) is 14.7. The number of benzene rings is 2. The maximum atomic E-state index is 14.4. The molecule has 0 aliphatic rings. The molecule has 0 unspecified atom stereocenters. The van der Waals surface area contributed by atoms with E-state index in [0.717, 1.165) is 27.0 Å². The van der Waals surface area contributed by atoms with Crippen LogP contribution in [0.4, 0.5) is 4.39 Å². The van der Waals surface area contributed by atoms with Gasteiger partial charge >= 0.3 is 0 Å². The Morgan fingerprint density at radius 2 is 1.82 bits per heavy atom. The van der Waals surface area contributed by atoms with E-state index >= 15 is 0 Å². The number of hydrogen-bond donors (Lipinski definition) is 1. The molecule has 2 aromatic carbocycles. The maximum absolute atomic E-state index is 14.4. The highest BCUT2D eigenvalue weighted by molar-refractivity contribution is 7.19. The number of imidazole rings is 1. The van der Waals surface area contributed by atoms with Crippen molar-refractivity contribution in [2.24, 2.45) is 0 Å². The molecule has 5 heteroatoms. The van der Waals surface area contributed by atoms with Crippen LogP contribution in [0, 0.1) is 5.82 Å². The van der Waals surface area contributed by atoms with Crippen LogP contribution in [0.3, 0.4) is 0 Å². The fourth-order valence-corrected chi connectivity index (χ4v) is 3.54. The van der Waals surface area contributed by atoms with E-state index in [1.807, 2.05) is 30.3 Å². The van der Waals surface area contributed by atoms with Crippen molar-refractivity contribution in [2.45, 2.75) is 0 Å². The van der Waals surface area contributed by atoms with E-state index in [9.17, 15) is 4.39 Å². The molecule has 4 aromatic rings. The Morgan fingerprint density at radius 1 is 1.00 bits per heavy atom. The smallest absolute Gasteiger partial charge is 0.132 e. The van der Waals surface area contributed by atoms with Crippen molar-refractivity contribution >= 4 is 34.0 Å². The summed E-state index contributed by atoms with van der Waals surface area (Å²) in [5.74, 6) is -0.249. The molecule has 0 aliphatic heterocycles. The van der Waals surface area contributed by atoms with Crippen LogP contribution < -0.4 is 0 Å². The van der Waals surface area contributed by atoms with Gasteiger partial charge in [-0.15, -0.1) is 11.3 Å². The van der Waals surface area contributed by atoms with Gasteiger partial charge in [-0.2, -0.15) is 0 Å². The minimum absolute atomic E-state index is 0.249. The number of halogens is 2. The molecule has 0 aliphatic carbocycles. The molecular formula is C17H10ClFN2S. The van der Waals surface area contributed by atoms with Crippen molar-refractivity contribution in [2.75, 3.05) is 0 Å². The Labute approximate surface area is 135 Å². The van der Waals surface area contributed by atoms with Crippen LogP contribution >= 0.6 is 22.9 Å². The predicted octanol–water partition coefficient (Wildman–Crippen LogP) is 5.75. The van der Waals surface area contributed by atoms with Crippen LogP contribution in [-0.2, 0) is 0 Å². The summed E-state index contributed by atoms with van der Waals surface area (Å²) in [6.07, 6.45) is 1.65. The number of rotatable bonds is 2. The van der Waals surface area contributed by atoms with Gasteiger partial charge < -0.3 is 4.98 Å². The number of fused-ring (bicyclic) bond motifs is 1. The summed E-state index contributed by atoms with van der Waals surface area (Å²) in [5.41, 5.74) is 4.19. The van der Waals surface area contributed by atoms with Gasteiger partial charge in [0.05, 0.1) is 21.7 Å². The molecule has 0 atom stereocenters. The van der Waals surface area contributed by atoms with Crippen molar-refractivity contribution in [1.82, 2.24) is 9.97 Å². The highest BCUT2D eigenvalue weighted by Gasteiger charge is 2.10. The first-order valence-corrected chi connectivity index (χ1v) is 7.89. The topological polar surface area (TPSA) is 28.7 Å². The van der Waals surface area contributed by atoms with Gasteiger partial charge in [0.25, 0.3) is 0 Å². The highest BCUT2D eigenvalue weighted by Crippen LogP contribution is 2.34. The van der Waals surface area contributed by atoms with Gasteiger partial charge in [-0.1, -0.05) is 23.7 Å². The van der Waals surface area contributed by atoms with Crippen molar-refractivity contribution in [3.63, 3.8) is 0 Å². The van der Waals surface area contributed by atoms with Gasteiger partial charge in [0.15, 0.2) is 0 Å². The first-order valence-electron chi connectivity index (χ1n) is 6.69. The second kappa shape index (κ2) is 5.23. The standard InChI is InChI=1S/C17H10ClFN2S/c18-17-6-5-16(22-17)12-3-1-10(7-13(12)19)11-2-4-14-15(8-11)21-9-20-14/h1-9H,(H,20,21). The number of aromatic nitrogens is 2. The van der Waals surface area contributed by atoms with Crippen molar-refractivity contribution < 1.29 is 4.39 Å². The highest BCUT2D eigenvalue weighted by atomic mass is 35.5. The molecule has 4 rings (SSSR count). The third kappa shape index (κ3) is 2.30. The van der Waals surface area contributed by atoms with Crippen LogP contribution in [0.25, 0.3) is 32.6 Å². The average Bonchev–Trinajstić information content (AvgIpc) is 3.15. The summed E-state index contributed by atoms with van der Waals surface area (Å²) in [7, 11) is 0. The second-order valence-corrected chi connectivity index (χ2v) is 6.65. The zero-order chi connectivity index (χ0) is 15.1. The molecule has 108 valence electrons. The summed E-state index contributed by atoms with van der Waals surface area (Å²) < 4.78 is 15.1. The zero-order valence-electron chi connectivity index (χ0n) is 11.3. The molecule has 0 bridgehead atoms. The maximum Gasteiger partial charge on any atom is 0.132 e. The van der Waals surface area contributed by atoms with Gasteiger partial charge in [0, 0.05) is 10.4 Å². The summed E-state index contributed by atoms with van der Waals surface area (Å²) in [6.45, 7) is 0. The minimum Gasteiger partial charge on any atom is -0.345 e. The van der Waals surface area contributed by atoms with Crippen molar-refractivity contribution in [3.8, 4) is 21.6 Å². The predicted molar refractivity (Wildman–Crippen MR) is 89.8 cm³/mol. The molecule has 0 fully saturated rings. The first kappa shape index (κ1) is 13.5. The number of nitrogens with zero attached hydrogens (tertiary/aromatic N) is 1. The molecule has 0 spiro atoms. The number of aromatic amines is 1. The summed E-state index contributed by atoms with van der Waals surface area (Å²) >= 11 is 7.29. The normalized spacial score (nSPS) is 11.2. The van der Waals surface area contributed by atoms with Crippen LogP contribution in [0.1, 0.15) is 0 Å². The Hall–Kier alpha value is -2.17. The number of nitrogens with one attached hydrogen (secondary N) is 1. The lowest BCUT2D eigenvalue weighted by atomic mass is 10.0. The minimum atomic E-state index is -0.249. The summed E-state index contributed by atoms with van der Waals surface area (Å²) in [5, 5.41) is 0. The van der Waals surface area contributed by atoms with E-state index < -0.39 is 0 Å². The fraction of sp³-hybridized carbons (Fsp3) is 0. The molecule has 0 amide bonds. The van der Waals surface area contributed by atoms with Crippen molar-refractivity contribution in [3.05, 3.63) is 65.0 Å². The van der Waals surface area contributed by atoms with Gasteiger partial charge in [-0.05, 0) is 47.5 Å². The van der Waals surface area contributed by atoms with E-state index in [4.69, 9.17) is 11.6 Å². The molecule has 2 nitrogen and oxygen atoms in total. The lowest BCUT2D eigenvalue weighted by molar-refractivity contribution is 0.632. The molecular weight excluding hydrogens is 319 g/mol. The summed E-state index contributed by atoms with van der Waals surface area (Å²) in [4.78, 5) is 8.08. The number of H-pyrrole nitrogens is 1. The number of hydrogen-bond acceptors (Lipinski definition) is 2. The third-order valence-corrected chi connectivity index (χ3v) is 4.83. The fourth-order valence-electron chi connectivity index (χ4n) is 2.47. The Balaban J connectivity index is 1.78. The van der Waals surface area contributed by atoms with Crippen LogP contribution in [0.5, 0.6) is 0 Å². The molecule has 0 saturated heterocycles. The molecule has 22 heavy (non-hydrogen) atoms. The Kier molecular flexibility index (Phi) is 3.21. The first-order chi connectivity index (χ1) is 10.7. The number of thiophene rings is 1. The zero-order valence-corrected chi connectivity index (χ0v) is 12.9. The van der Waals surface area contributed by atoms with E-state index in [-0.39, 0.29) is 5.82 Å². The van der Waals surface area contributed by atoms with Gasteiger partial charge in [-0.3, -0.25) is 0 Å². The third-order valence-electron chi connectivity index (χ3n) is 3.56. The Morgan fingerprint density at radius 3 is 2.59 bits per heavy atom. The van der Waals surface area contributed by atoms with Gasteiger partial charge in [0.2, 0.25) is 0 Å². The lowest BCUT2D eigenvalue weighted by Gasteiger charge is -2.05. The molecule has 0 saturated carbocycles. The molecule has 0 radical (unpaired) electrons. The SMILES string of the molecule is Fc1cc(-c2ccc3nc[nH]c3c2)ccc1-c1ccc(Cl)s1. The molecule has 1 N–H and O–H groups in total. The Bertz CT molecular complexity index is 974. The van der Waals surface area contributed by atoms with Gasteiger partial charge in [-0.25, -0.2) is 9.37 Å². The lowest BCUT2D eigenvalue weighted by Crippen LogP contribution is -1.85.